The zero-order valence-corrected chi connectivity index (χ0v) is 19.2. The number of hydrogen-bond acceptors (Lipinski definition) is 4. The Bertz CT molecular complexity index is 705. The molecule has 1 fully saturated rings. The van der Waals surface area contributed by atoms with E-state index in [9.17, 15) is 0 Å². The predicted molar refractivity (Wildman–Crippen MR) is 123 cm³/mol. The van der Waals surface area contributed by atoms with Gasteiger partial charge in [0.05, 0.1) is 0 Å². The normalized spacial score (nSPS) is 17.0. The Morgan fingerprint density at radius 2 is 2.15 bits per heavy atom. The molecule has 2 heterocycles. The first-order valence-electron chi connectivity index (χ1n) is 9.30. The molecule has 2 aromatic rings. The topological polar surface area (TPSA) is 58.3 Å². The maximum Gasteiger partial charge on any atom is 0.193 e. The molecule has 1 N–H and O–H groups in total. The van der Waals surface area contributed by atoms with Crippen LogP contribution < -0.4 is 5.32 Å². The van der Waals surface area contributed by atoms with Crippen LogP contribution in [0.15, 0.2) is 46.5 Å². The van der Waals surface area contributed by atoms with Gasteiger partial charge < -0.3 is 14.8 Å². The van der Waals surface area contributed by atoms with Crippen molar-refractivity contribution >= 4 is 41.7 Å². The van der Waals surface area contributed by atoms with Gasteiger partial charge in [0.2, 0.25) is 0 Å². The number of aliphatic imine (C=N–C) groups is 1. The van der Waals surface area contributed by atoms with Gasteiger partial charge in [0.15, 0.2) is 5.96 Å². The van der Waals surface area contributed by atoms with Gasteiger partial charge in [-0.25, -0.2) is 0 Å². The summed E-state index contributed by atoms with van der Waals surface area (Å²) in [5.41, 5.74) is 0. The number of aryl methyl sites for hydroxylation is 1. The fourth-order valence-electron chi connectivity index (χ4n) is 3.25. The van der Waals surface area contributed by atoms with E-state index in [4.69, 9.17) is 0 Å². The van der Waals surface area contributed by atoms with Crippen LogP contribution in [0.5, 0.6) is 0 Å². The second kappa shape index (κ2) is 11.5. The highest BCUT2D eigenvalue weighted by molar-refractivity contribution is 14.0. The molecule has 1 aromatic carbocycles. The van der Waals surface area contributed by atoms with E-state index in [-0.39, 0.29) is 24.0 Å². The van der Waals surface area contributed by atoms with Crippen molar-refractivity contribution in [2.24, 2.45) is 10.9 Å². The second-order valence-electron chi connectivity index (χ2n) is 6.49. The van der Waals surface area contributed by atoms with E-state index in [1.807, 2.05) is 18.8 Å². The molecule has 1 unspecified atom stereocenters. The predicted octanol–water partition coefficient (Wildman–Crippen LogP) is 3.15. The third kappa shape index (κ3) is 6.38. The number of hydrogen-bond donors (Lipinski definition) is 1. The maximum absolute atomic E-state index is 4.47. The van der Waals surface area contributed by atoms with Crippen LogP contribution in [0.25, 0.3) is 0 Å². The molecular weight excluding hydrogens is 471 g/mol. The van der Waals surface area contributed by atoms with Crippen LogP contribution in [-0.2, 0) is 13.0 Å². The average Bonchev–Trinajstić information content (AvgIpc) is 3.33. The van der Waals surface area contributed by atoms with Crippen molar-refractivity contribution in [3.05, 3.63) is 42.5 Å². The van der Waals surface area contributed by atoms with Gasteiger partial charge in [-0.05, 0) is 24.5 Å². The smallest absolute Gasteiger partial charge is 0.193 e. The Kier molecular flexibility index (Phi) is 9.40. The molecule has 1 aromatic heterocycles. The van der Waals surface area contributed by atoms with Crippen molar-refractivity contribution in [3.8, 4) is 0 Å². The summed E-state index contributed by atoms with van der Waals surface area (Å²) in [7, 11) is 1.87. The minimum Gasteiger partial charge on any atom is -0.354 e. The van der Waals surface area contributed by atoms with Crippen LogP contribution in [0.4, 0.5) is 0 Å². The monoisotopic (exact) mass is 500 g/mol. The fraction of sp³-hybridized carbons (Fsp3) is 0.526. The van der Waals surface area contributed by atoms with Crippen molar-refractivity contribution in [1.29, 1.82) is 0 Å². The van der Waals surface area contributed by atoms with Gasteiger partial charge in [-0.2, -0.15) is 0 Å². The molecule has 1 aliphatic heterocycles. The number of guanidine groups is 1. The molecule has 0 bridgehead atoms. The number of nitrogens with one attached hydrogen (secondary N) is 1. The van der Waals surface area contributed by atoms with Crippen molar-refractivity contribution in [1.82, 2.24) is 25.0 Å². The Labute approximate surface area is 183 Å². The van der Waals surface area contributed by atoms with Crippen molar-refractivity contribution in [2.45, 2.75) is 31.2 Å². The Hall–Kier alpha value is -1.29. The van der Waals surface area contributed by atoms with Crippen LogP contribution >= 0.6 is 35.7 Å². The highest BCUT2D eigenvalue weighted by Crippen LogP contribution is 2.25. The van der Waals surface area contributed by atoms with E-state index in [1.54, 1.807) is 6.33 Å². The first kappa shape index (κ1) is 22.0. The van der Waals surface area contributed by atoms with E-state index < -0.39 is 0 Å². The Balaban J connectivity index is 0.00000261. The summed E-state index contributed by atoms with van der Waals surface area (Å²) in [6.07, 6.45) is 3.93. The summed E-state index contributed by atoms with van der Waals surface area (Å²) in [5.74, 6) is 3.91. The largest absolute Gasteiger partial charge is 0.354 e. The van der Waals surface area contributed by atoms with Gasteiger partial charge in [0, 0.05) is 50.3 Å². The van der Waals surface area contributed by atoms with Gasteiger partial charge in [-0.3, -0.25) is 4.99 Å². The van der Waals surface area contributed by atoms with E-state index >= 15 is 0 Å². The van der Waals surface area contributed by atoms with Crippen LogP contribution in [0.1, 0.15) is 19.2 Å². The Morgan fingerprint density at radius 3 is 2.89 bits per heavy atom. The lowest BCUT2D eigenvalue weighted by Gasteiger charge is -2.22. The zero-order valence-electron chi connectivity index (χ0n) is 16.0. The molecule has 27 heavy (non-hydrogen) atoms. The molecular formula is C19H29IN6S. The van der Waals surface area contributed by atoms with E-state index in [0.717, 1.165) is 50.1 Å². The molecule has 1 saturated heterocycles. The number of rotatable bonds is 7. The zero-order chi connectivity index (χ0) is 18.2. The first-order valence-corrected chi connectivity index (χ1v) is 10.3. The van der Waals surface area contributed by atoms with Crippen LogP contribution in [0, 0.1) is 5.92 Å². The Morgan fingerprint density at radius 1 is 1.33 bits per heavy atom. The average molecular weight is 500 g/mol. The molecule has 6 nitrogen and oxygen atoms in total. The second-order valence-corrected chi connectivity index (χ2v) is 7.59. The molecule has 0 saturated carbocycles. The van der Waals surface area contributed by atoms with Crippen LogP contribution in [0.2, 0.25) is 0 Å². The molecule has 0 amide bonds. The van der Waals surface area contributed by atoms with E-state index in [1.165, 1.54) is 11.3 Å². The molecule has 0 radical (unpaired) electrons. The molecule has 1 aliphatic rings. The van der Waals surface area contributed by atoms with Gasteiger partial charge in [-0.15, -0.1) is 45.9 Å². The number of nitrogens with zero attached hydrogens (tertiary/aromatic N) is 5. The number of likely N-dealkylation sites (tertiary alicyclic amines) is 1. The lowest BCUT2D eigenvalue weighted by molar-refractivity contribution is 0.470. The van der Waals surface area contributed by atoms with Gasteiger partial charge in [0.25, 0.3) is 0 Å². The number of halogens is 1. The highest BCUT2D eigenvalue weighted by Gasteiger charge is 2.24. The van der Waals surface area contributed by atoms with E-state index in [2.05, 4.69) is 67.2 Å². The molecule has 3 rings (SSSR count). The summed E-state index contributed by atoms with van der Waals surface area (Å²) in [6, 6.07) is 10.7. The van der Waals surface area contributed by atoms with Crippen LogP contribution in [0.3, 0.4) is 0 Å². The summed E-state index contributed by atoms with van der Waals surface area (Å²) in [4.78, 5) is 8.20. The SMILES string of the molecule is CCc1nncn1CCNC(=NC)N1CCC(CSc2ccccc2)C1.I. The summed E-state index contributed by atoms with van der Waals surface area (Å²) in [6.45, 7) is 5.94. The van der Waals surface area contributed by atoms with Gasteiger partial charge in [0.1, 0.15) is 12.2 Å². The third-order valence-corrected chi connectivity index (χ3v) is 5.92. The quantitative estimate of drug-likeness (QED) is 0.274. The number of aromatic nitrogens is 3. The molecule has 0 spiro atoms. The van der Waals surface area contributed by atoms with Gasteiger partial charge >= 0.3 is 0 Å². The minimum absolute atomic E-state index is 0. The first-order chi connectivity index (χ1) is 12.8. The standard InChI is InChI=1S/C19H28N6S.HI/c1-3-18-23-22-15-25(18)12-10-21-19(20-2)24-11-9-16(13-24)14-26-17-7-5-4-6-8-17;/h4-8,15-16H,3,9-14H2,1-2H3,(H,20,21);1H. The van der Waals surface area contributed by atoms with Gasteiger partial charge in [-0.1, -0.05) is 25.1 Å². The summed E-state index contributed by atoms with van der Waals surface area (Å²) in [5, 5.41) is 11.6. The molecule has 0 aliphatic carbocycles. The van der Waals surface area contributed by atoms with Crippen molar-refractivity contribution in [2.75, 3.05) is 32.4 Å². The molecule has 8 heteroatoms. The lowest BCUT2D eigenvalue weighted by Crippen LogP contribution is -2.41. The number of benzene rings is 1. The molecule has 148 valence electrons. The van der Waals surface area contributed by atoms with E-state index in [0.29, 0.717) is 5.92 Å². The third-order valence-electron chi connectivity index (χ3n) is 4.67. The fourth-order valence-corrected chi connectivity index (χ4v) is 4.30. The summed E-state index contributed by atoms with van der Waals surface area (Å²) < 4.78 is 2.10. The van der Waals surface area contributed by atoms with Crippen molar-refractivity contribution in [3.63, 3.8) is 0 Å². The van der Waals surface area contributed by atoms with Crippen LogP contribution in [-0.4, -0.2) is 58.1 Å². The minimum atomic E-state index is 0. The highest BCUT2D eigenvalue weighted by atomic mass is 127. The number of thioether (sulfide) groups is 1. The maximum atomic E-state index is 4.47. The molecule has 1 atom stereocenters. The summed E-state index contributed by atoms with van der Waals surface area (Å²) >= 11 is 1.96. The lowest BCUT2D eigenvalue weighted by atomic mass is 10.2. The van der Waals surface area contributed by atoms with Crippen molar-refractivity contribution < 1.29 is 0 Å².